The molecule has 0 aliphatic carbocycles. The fourth-order valence-electron chi connectivity index (χ4n) is 2.92. The van der Waals surface area contributed by atoms with Gasteiger partial charge in [-0.2, -0.15) is 0 Å². The Bertz CT molecular complexity index is 814. The summed E-state index contributed by atoms with van der Waals surface area (Å²) in [5.74, 6) is 0.0938. The lowest BCUT2D eigenvalue weighted by Gasteiger charge is -2.15. The van der Waals surface area contributed by atoms with Crippen molar-refractivity contribution in [3.63, 3.8) is 0 Å². The molecule has 1 aromatic heterocycles. The van der Waals surface area contributed by atoms with E-state index in [4.69, 9.17) is 4.74 Å². The highest BCUT2D eigenvalue weighted by molar-refractivity contribution is 7.98. The van der Waals surface area contributed by atoms with Crippen molar-refractivity contribution in [2.45, 2.75) is 24.3 Å². The first-order chi connectivity index (χ1) is 11.2. The number of hydrogen-bond donors (Lipinski definition) is 1. The van der Waals surface area contributed by atoms with Crippen LogP contribution in [0.25, 0.3) is 0 Å². The lowest BCUT2D eigenvalue weighted by atomic mass is 10.1. The Morgan fingerprint density at radius 3 is 2.87 bits per heavy atom. The van der Waals surface area contributed by atoms with Crippen molar-refractivity contribution in [3.8, 4) is 5.75 Å². The van der Waals surface area contributed by atoms with Gasteiger partial charge in [-0.3, -0.25) is 9.59 Å². The number of fused-ring (bicyclic) bond motifs is 1. The SMILES string of the molecule is COc1cc(=O)n2c(c1C(=O)Nc1ccccc1SC)CCC2. The molecule has 3 rings (SSSR count). The Labute approximate surface area is 138 Å². The van der Waals surface area contributed by atoms with E-state index < -0.39 is 0 Å². The summed E-state index contributed by atoms with van der Waals surface area (Å²) >= 11 is 1.57. The molecule has 0 saturated heterocycles. The maximum absolute atomic E-state index is 12.8. The number of benzene rings is 1. The summed E-state index contributed by atoms with van der Waals surface area (Å²) in [6.07, 6.45) is 3.54. The molecule has 1 aliphatic rings. The zero-order chi connectivity index (χ0) is 16.4. The van der Waals surface area contributed by atoms with E-state index in [-0.39, 0.29) is 11.5 Å². The van der Waals surface area contributed by atoms with Gasteiger partial charge in [0, 0.05) is 23.2 Å². The van der Waals surface area contributed by atoms with E-state index in [9.17, 15) is 9.59 Å². The van der Waals surface area contributed by atoms with Crippen LogP contribution in [-0.2, 0) is 13.0 Å². The topological polar surface area (TPSA) is 60.3 Å². The third kappa shape index (κ3) is 2.86. The van der Waals surface area contributed by atoms with Crippen LogP contribution in [0.1, 0.15) is 22.5 Å². The summed E-state index contributed by atoms with van der Waals surface area (Å²) in [4.78, 5) is 25.9. The van der Waals surface area contributed by atoms with Gasteiger partial charge in [-0.25, -0.2) is 0 Å². The first kappa shape index (κ1) is 15.7. The van der Waals surface area contributed by atoms with E-state index >= 15 is 0 Å². The number of ether oxygens (including phenoxy) is 1. The minimum Gasteiger partial charge on any atom is -0.496 e. The maximum Gasteiger partial charge on any atom is 0.261 e. The van der Waals surface area contributed by atoms with Gasteiger partial charge in [0.15, 0.2) is 0 Å². The van der Waals surface area contributed by atoms with Gasteiger partial charge in [-0.1, -0.05) is 12.1 Å². The van der Waals surface area contributed by atoms with Crippen molar-refractivity contribution in [2.24, 2.45) is 0 Å². The molecule has 1 aromatic carbocycles. The van der Waals surface area contributed by atoms with Crippen molar-refractivity contribution in [2.75, 3.05) is 18.7 Å². The molecule has 23 heavy (non-hydrogen) atoms. The third-order valence-electron chi connectivity index (χ3n) is 3.98. The van der Waals surface area contributed by atoms with Gasteiger partial charge in [-0.15, -0.1) is 11.8 Å². The molecule has 1 aliphatic heterocycles. The Balaban J connectivity index is 2.03. The lowest BCUT2D eigenvalue weighted by molar-refractivity contribution is 0.102. The average Bonchev–Trinajstić information content (AvgIpc) is 3.05. The summed E-state index contributed by atoms with van der Waals surface area (Å²) in [6.45, 7) is 0.653. The number of pyridine rings is 1. The number of methoxy groups -OCH3 is 1. The minimum atomic E-state index is -0.242. The molecule has 0 radical (unpaired) electrons. The van der Waals surface area contributed by atoms with Gasteiger partial charge >= 0.3 is 0 Å². The number of nitrogens with zero attached hydrogens (tertiary/aromatic N) is 1. The summed E-state index contributed by atoms with van der Waals surface area (Å²) in [5.41, 5.74) is 1.86. The van der Waals surface area contributed by atoms with Crippen LogP contribution in [0.4, 0.5) is 5.69 Å². The third-order valence-corrected chi connectivity index (χ3v) is 4.77. The molecule has 2 aromatic rings. The lowest BCUT2D eigenvalue weighted by Crippen LogP contribution is -2.25. The van der Waals surface area contributed by atoms with Crippen LogP contribution in [0.15, 0.2) is 40.0 Å². The monoisotopic (exact) mass is 330 g/mol. The normalized spacial score (nSPS) is 12.8. The summed E-state index contributed by atoms with van der Waals surface area (Å²) in [5, 5.41) is 2.95. The molecule has 6 heteroatoms. The average molecular weight is 330 g/mol. The molecule has 2 heterocycles. The molecular weight excluding hydrogens is 312 g/mol. The van der Waals surface area contributed by atoms with E-state index in [1.807, 2.05) is 30.5 Å². The number of aromatic nitrogens is 1. The predicted molar refractivity (Wildman–Crippen MR) is 91.8 cm³/mol. The van der Waals surface area contributed by atoms with Crippen molar-refractivity contribution in [1.82, 2.24) is 4.57 Å². The number of nitrogens with one attached hydrogen (secondary N) is 1. The molecular formula is C17H18N2O3S. The van der Waals surface area contributed by atoms with Crippen LogP contribution in [0.2, 0.25) is 0 Å². The molecule has 0 bridgehead atoms. The quantitative estimate of drug-likeness (QED) is 0.876. The van der Waals surface area contributed by atoms with Crippen LogP contribution in [0.5, 0.6) is 5.75 Å². The number of thioether (sulfide) groups is 1. The first-order valence-corrected chi connectivity index (χ1v) is 8.63. The molecule has 1 N–H and O–H groups in total. The Morgan fingerprint density at radius 2 is 2.13 bits per heavy atom. The zero-order valence-electron chi connectivity index (χ0n) is 13.1. The molecule has 0 spiro atoms. The highest BCUT2D eigenvalue weighted by Gasteiger charge is 2.25. The standard InChI is InChI=1S/C17H18N2O3S/c1-22-13-10-15(20)19-9-5-7-12(19)16(13)17(21)18-11-6-3-4-8-14(11)23-2/h3-4,6,8,10H,5,7,9H2,1-2H3,(H,18,21). The van der Waals surface area contributed by atoms with Crippen LogP contribution in [0.3, 0.4) is 0 Å². The van der Waals surface area contributed by atoms with Gasteiger partial charge in [0.2, 0.25) is 0 Å². The second kappa shape index (κ2) is 6.50. The molecule has 5 nitrogen and oxygen atoms in total. The van der Waals surface area contributed by atoms with Crippen molar-refractivity contribution in [3.05, 3.63) is 51.9 Å². The number of carbonyl (C=O) groups excluding carboxylic acids is 1. The number of carbonyl (C=O) groups is 1. The number of para-hydroxylation sites is 1. The fourth-order valence-corrected chi connectivity index (χ4v) is 3.47. The number of rotatable bonds is 4. The number of hydrogen-bond acceptors (Lipinski definition) is 4. The van der Waals surface area contributed by atoms with Gasteiger partial charge < -0.3 is 14.6 Å². The summed E-state index contributed by atoms with van der Waals surface area (Å²) in [6, 6.07) is 9.03. The van der Waals surface area contributed by atoms with E-state index in [0.29, 0.717) is 24.3 Å². The van der Waals surface area contributed by atoms with Crippen molar-refractivity contribution in [1.29, 1.82) is 0 Å². The largest absolute Gasteiger partial charge is 0.496 e. The van der Waals surface area contributed by atoms with Gasteiger partial charge in [0.25, 0.3) is 11.5 Å². The Kier molecular flexibility index (Phi) is 4.43. The summed E-state index contributed by atoms with van der Waals surface area (Å²) in [7, 11) is 1.48. The second-order valence-electron chi connectivity index (χ2n) is 5.28. The van der Waals surface area contributed by atoms with E-state index in [1.54, 1.807) is 16.3 Å². The molecule has 120 valence electrons. The van der Waals surface area contributed by atoms with E-state index in [1.165, 1.54) is 13.2 Å². The van der Waals surface area contributed by atoms with Crippen LogP contribution >= 0.6 is 11.8 Å². The highest BCUT2D eigenvalue weighted by atomic mass is 32.2. The zero-order valence-corrected chi connectivity index (χ0v) is 13.9. The predicted octanol–water partition coefficient (Wildman–Crippen LogP) is 2.78. The Hall–Kier alpha value is -2.21. The van der Waals surface area contributed by atoms with E-state index in [2.05, 4.69) is 5.32 Å². The van der Waals surface area contributed by atoms with Crippen molar-refractivity contribution < 1.29 is 9.53 Å². The highest BCUT2D eigenvalue weighted by Crippen LogP contribution is 2.29. The first-order valence-electron chi connectivity index (χ1n) is 7.40. The molecule has 0 saturated carbocycles. The van der Waals surface area contributed by atoms with Crippen LogP contribution in [0, 0.1) is 0 Å². The number of amides is 1. The minimum absolute atomic E-state index is 0.115. The van der Waals surface area contributed by atoms with Gasteiger partial charge in [-0.05, 0) is 31.2 Å². The fraction of sp³-hybridized carbons (Fsp3) is 0.294. The van der Waals surface area contributed by atoms with Crippen LogP contribution in [-0.4, -0.2) is 23.8 Å². The molecule has 0 unspecified atom stereocenters. The second-order valence-corrected chi connectivity index (χ2v) is 6.13. The van der Waals surface area contributed by atoms with Gasteiger partial charge in [0.05, 0.1) is 12.8 Å². The van der Waals surface area contributed by atoms with Gasteiger partial charge in [0.1, 0.15) is 11.3 Å². The molecule has 0 atom stereocenters. The Morgan fingerprint density at radius 1 is 1.35 bits per heavy atom. The smallest absolute Gasteiger partial charge is 0.261 e. The number of anilines is 1. The van der Waals surface area contributed by atoms with Crippen molar-refractivity contribution >= 4 is 23.4 Å². The van der Waals surface area contributed by atoms with E-state index in [0.717, 1.165) is 22.7 Å². The maximum atomic E-state index is 12.8. The summed E-state index contributed by atoms with van der Waals surface area (Å²) < 4.78 is 6.95. The van der Waals surface area contributed by atoms with Crippen LogP contribution < -0.4 is 15.6 Å². The molecule has 1 amide bonds. The molecule has 0 fully saturated rings.